The van der Waals surface area contributed by atoms with E-state index in [0.29, 0.717) is 29.6 Å². The molecule has 0 radical (unpaired) electrons. The Morgan fingerprint density at radius 3 is 2.36 bits per heavy atom. The Bertz CT molecular complexity index is 486. The molecule has 4 aliphatic carbocycles. The van der Waals surface area contributed by atoms with Crippen LogP contribution in [0.3, 0.4) is 0 Å². The topological polar surface area (TPSA) is 40.5 Å². The maximum absolute atomic E-state index is 10.8. The highest BCUT2D eigenvalue weighted by atomic mass is 16.3. The quantitative estimate of drug-likeness (QED) is 0.669. The van der Waals surface area contributed by atoms with Gasteiger partial charge < -0.3 is 10.2 Å². The molecule has 0 heterocycles. The molecule has 2 heteroatoms. The summed E-state index contributed by atoms with van der Waals surface area (Å²) in [7, 11) is 0. The van der Waals surface area contributed by atoms with E-state index in [1.54, 1.807) is 0 Å². The molecule has 3 saturated carbocycles. The van der Waals surface area contributed by atoms with E-state index in [1.165, 1.54) is 25.7 Å². The zero-order valence-corrected chi connectivity index (χ0v) is 14.3. The van der Waals surface area contributed by atoms with Gasteiger partial charge in [0.05, 0.1) is 12.2 Å². The van der Waals surface area contributed by atoms with Crippen molar-refractivity contribution in [3.05, 3.63) is 12.2 Å². The van der Waals surface area contributed by atoms with E-state index in [4.69, 9.17) is 0 Å². The lowest BCUT2D eigenvalue weighted by molar-refractivity contribution is -0.151. The summed E-state index contributed by atoms with van der Waals surface area (Å²) in [5.41, 5.74) is 0.192. The minimum atomic E-state index is -0.280. The van der Waals surface area contributed by atoms with E-state index >= 15 is 0 Å². The molecular weight excluding hydrogens is 272 g/mol. The second kappa shape index (κ2) is 4.83. The molecule has 0 aliphatic heterocycles. The lowest BCUT2D eigenvalue weighted by atomic mass is 9.44. The SMILES string of the molecule is CC1C=CC(O)[C@@]2(C)C1CC[C@@H]1[C@@H]2CC[C@]2(C)C(O)CC[C@@H]12. The van der Waals surface area contributed by atoms with Gasteiger partial charge in [0, 0.05) is 5.41 Å². The van der Waals surface area contributed by atoms with Crippen LogP contribution >= 0.6 is 0 Å². The van der Waals surface area contributed by atoms with Gasteiger partial charge in [0.1, 0.15) is 0 Å². The Hall–Kier alpha value is -0.340. The van der Waals surface area contributed by atoms with Crippen LogP contribution < -0.4 is 0 Å². The van der Waals surface area contributed by atoms with Gasteiger partial charge in [-0.3, -0.25) is 0 Å². The van der Waals surface area contributed by atoms with Crippen LogP contribution in [0.1, 0.15) is 59.3 Å². The Morgan fingerprint density at radius 1 is 0.864 bits per heavy atom. The van der Waals surface area contributed by atoms with Crippen molar-refractivity contribution in [2.24, 2.45) is 40.4 Å². The molecule has 0 spiro atoms. The average Bonchev–Trinajstić information content (AvgIpc) is 2.79. The Balaban J connectivity index is 1.70. The first-order valence-corrected chi connectivity index (χ1v) is 9.43. The fourth-order valence-electron chi connectivity index (χ4n) is 7.28. The van der Waals surface area contributed by atoms with E-state index in [0.717, 1.165) is 12.8 Å². The van der Waals surface area contributed by atoms with Crippen molar-refractivity contribution in [2.75, 3.05) is 0 Å². The lowest BCUT2D eigenvalue weighted by Crippen LogP contribution is -2.58. The highest BCUT2D eigenvalue weighted by Crippen LogP contribution is 2.66. The molecule has 0 saturated heterocycles. The summed E-state index contributed by atoms with van der Waals surface area (Å²) in [6.45, 7) is 7.03. The second-order valence-electron chi connectivity index (χ2n) is 9.25. The maximum atomic E-state index is 10.8. The van der Waals surface area contributed by atoms with Gasteiger partial charge in [-0.25, -0.2) is 0 Å². The zero-order valence-electron chi connectivity index (χ0n) is 14.3. The van der Waals surface area contributed by atoms with Gasteiger partial charge in [-0.15, -0.1) is 0 Å². The van der Waals surface area contributed by atoms with Gasteiger partial charge in [-0.1, -0.05) is 32.9 Å². The smallest absolute Gasteiger partial charge is 0.0780 e. The first kappa shape index (κ1) is 15.2. The average molecular weight is 304 g/mol. The molecule has 2 nitrogen and oxygen atoms in total. The third kappa shape index (κ3) is 1.74. The number of rotatable bonds is 0. The molecule has 3 fully saturated rings. The van der Waals surface area contributed by atoms with E-state index < -0.39 is 0 Å². The first-order chi connectivity index (χ1) is 10.4. The number of allylic oxidation sites excluding steroid dienone is 1. The van der Waals surface area contributed by atoms with Crippen LogP contribution in [-0.2, 0) is 0 Å². The standard InChI is InChI=1S/C20H32O2/c1-12-4-8-18(22)20(3)14(12)6-5-13-15-7-9-17(21)19(15,2)11-10-16(13)20/h4,8,12-18,21-22H,5-7,9-11H2,1-3H3/t12?,13-,14?,15-,16-,17?,18?,19-,20-/m0/s1. The molecule has 9 atom stereocenters. The van der Waals surface area contributed by atoms with Crippen molar-refractivity contribution < 1.29 is 10.2 Å². The number of aliphatic hydroxyl groups excluding tert-OH is 2. The molecule has 124 valence electrons. The van der Waals surface area contributed by atoms with Crippen LogP contribution in [-0.4, -0.2) is 22.4 Å². The van der Waals surface area contributed by atoms with E-state index in [9.17, 15) is 10.2 Å². The van der Waals surface area contributed by atoms with E-state index in [1.807, 2.05) is 0 Å². The van der Waals surface area contributed by atoms with Crippen molar-refractivity contribution >= 4 is 0 Å². The monoisotopic (exact) mass is 304 g/mol. The molecule has 0 bridgehead atoms. The molecule has 4 unspecified atom stereocenters. The molecule has 0 amide bonds. The van der Waals surface area contributed by atoms with Gasteiger partial charge in [0.2, 0.25) is 0 Å². The molecule has 0 aromatic rings. The molecule has 0 aromatic carbocycles. The fraction of sp³-hybridized carbons (Fsp3) is 0.900. The second-order valence-corrected chi connectivity index (χ2v) is 9.25. The van der Waals surface area contributed by atoms with E-state index in [2.05, 4.69) is 32.9 Å². The summed E-state index contributed by atoms with van der Waals surface area (Å²) >= 11 is 0. The molecule has 0 aromatic heterocycles. The molecule has 4 rings (SSSR count). The third-order valence-electron chi connectivity index (χ3n) is 8.66. The van der Waals surface area contributed by atoms with Crippen molar-refractivity contribution in [3.63, 3.8) is 0 Å². The molecular formula is C20H32O2. The summed E-state index contributed by atoms with van der Waals surface area (Å²) in [5.74, 6) is 3.25. The van der Waals surface area contributed by atoms with Crippen molar-refractivity contribution in [2.45, 2.75) is 71.5 Å². The molecule has 22 heavy (non-hydrogen) atoms. The number of fused-ring (bicyclic) bond motifs is 5. The summed E-state index contributed by atoms with van der Waals surface area (Å²) < 4.78 is 0. The van der Waals surface area contributed by atoms with Crippen LogP contribution in [0.15, 0.2) is 12.2 Å². The first-order valence-electron chi connectivity index (χ1n) is 9.43. The van der Waals surface area contributed by atoms with Crippen LogP contribution in [0.2, 0.25) is 0 Å². The summed E-state index contributed by atoms with van der Waals surface area (Å²) in [5, 5.41) is 21.3. The predicted molar refractivity (Wildman–Crippen MR) is 88.2 cm³/mol. The van der Waals surface area contributed by atoms with Crippen molar-refractivity contribution in [1.82, 2.24) is 0 Å². The minimum absolute atomic E-state index is 0.0476. The third-order valence-corrected chi connectivity index (χ3v) is 8.66. The van der Waals surface area contributed by atoms with Crippen molar-refractivity contribution in [1.29, 1.82) is 0 Å². The summed E-state index contributed by atoms with van der Waals surface area (Å²) in [4.78, 5) is 0. The van der Waals surface area contributed by atoms with Gasteiger partial charge in [0.15, 0.2) is 0 Å². The normalized spacial score (nSPS) is 60.5. The van der Waals surface area contributed by atoms with Gasteiger partial charge >= 0.3 is 0 Å². The lowest BCUT2D eigenvalue weighted by Gasteiger charge is -2.61. The van der Waals surface area contributed by atoms with Gasteiger partial charge in [-0.2, -0.15) is 0 Å². The molecule has 2 N–H and O–H groups in total. The Morgan fingerprint density at radius 2 is 1.59 bits per heavy atom. The largest absolute Gasteiger partial charge is 0.393 e. The van der Waals surface area contributed by atoms with Gasteiger partial charge in [0.25, 0.3) is 0 Å². The van der Waals surface area contributed by atoms with Crippen LogP contribution in [0.5, 0.6) is 0 Å². The highest BCUT2D eigenvalue weighted by Gasteiger charge is 2.61. The Kier molecular flexibility index (Phi) is 3.34. The van der Waals surface area contributed by atoms with Crippen LogP contribution in [0.4, 0.5) is 0 Å². The van der Waals surface area contributed by atoms with Crippen LogP contribution in [0, 0.1) is 40.4 Å². The van der Waals surface area contributed by atoms with E-state index in [-0.39, 0.29) is 23.0 Å². The summed E-state index contributed by atoms with van der Waals surface area (Å²) in [6, 6.07) is 0. The predicted octanol–water partition coefficient (Wildman–Crippen LogP) is 3.77. The number of hydrogen-bond donors (Lipinski definition) is 2. The molecule has 4 aliphatic rings. The number of aliphatic hydroxyl groups is 2. The fourth-order valence-corrected chi connectivity index (χ4v) is 7.28. The van der Waals surface area contributed by atoms with Crippen LogP contribution in [0.25, 0.3) is 0 Å². The highest BCUT2D eigenvalue weighted by molar-refractivity contribution is 5.17. The van der Waals surface area contributed by atoms with Gasteiger partial charge in [-0.05, 0) is 73.5 Å². The van der Waals surface area contributed by atoms with Crippen molar-refractivity contribution in [3.8, 4) is 0 Å². The minimum Gasteiger partial charge on any atom is -0.393 e. The maximum Gasteiger partial charge on any atom is 0.0780 e. The number of hydrogen-bond acceptors (Lipinski definition) is 2. The Labute approximate surface area is 135 Å². The zero-order chi connectivity index (χ0) is 15.7. The summed E-state index contributed by atoms with van der Waals surface area (Å²) in [6.07, 6.45) is 11.0.